The zero-order valence-electron chi connectivity index (χ0n) is 20.1. The van der Waals surface area contributed by atoms with E-state index in [2.05, 4.69) is 15.3 Å². The Morgan fingerprint density at radius 3 is 2.43 bits per heavy atom. The molecular formula is C24H25Cl2N3O8. The third-order valence-corrected chi connectivity index (χ3v) is 6.10. The molecule has 1 saturated heterocycles. The highest BCUT2D eigenvalue weighted by molar-refractivity contribution is 6.40. The predicted molar refractivity (Wildman–Crippen MR) is 130 cm³/mol. The van der Waals surface area contributed by atoms with Crippen LogP contribution in [0, 0.1) is 11.8 Å². The van der Waals surface area contributed by atoms with Crippen LogP contribution in [0.1, 0.15) is 36.8 Å². The summed E-state index contributed by atoms with van der Waals surface area (Å²) >= 11 is 11.4. The van der Waals surface area contributed by atoms with Gasteiger partial charge in [-0.1, -0.05) is 67.4 Å². The fourth-order valence-corrected chi connectivity index (χ4v) is 3.76. The van der Waals surface area contributed by atoms with E-state index in [1.807, 2.05) is 6.07 Å². The van der Waals surface area contributed by atoms with Gasteiger partial charge in [0.05, 0.1) is 5.92 Å². The lowest BCUT2D eigenvalue weighted by Crippen LogP contribution is -2.47. The van der Waals surface area contributed by atoms with Crippen molar-refractivity contribution in [1.29, 1.82) is 0 Å². The van der Waals surface area contributed by atoms with Crippen LogP contribution in [0.3, 0.4) is 0 Å². The van der Waals surface area contributed by atoms with E-state index in [9.17, 15) is 24.3 Å². The molecule has 0 bridgehead atoms. The van der Waals surface area contributed by atoms with E-state index in [-0.39, 0.29) is 16.7 Å². The minimum absolute atomic E-state index is 0.140. The number of amides is 1. The monoisotopic (exact) mass is 553 g/mol. The van der Waals surface area contributed by atoms with Gasteiger partial charge in [0.15, 0.2) is 28.1 Å². The zero-order valence-corrected chi connectivity index (χ0v) is 21.7. The zero-order chi connectivity index (χ0) is 27.3. The van der Waals surface area contributed by atoms with Gasteiger partial charge in [0, 0.05) is 0 Å². The van der Waals surface area contributed by atoms with Crippen LogP contribution >= 0.6 is 23.2 Å². The van der Waals surface area contributed by atoms with Gasteiger partial charge in [-0.3, -0.25) is 14.4 Å². The molecule has 0 radical (unpaired) electrons. The lowest BCUT2D eigenvalue weighted by atomic mass is 9.91. The Bertz CT molecular complexity index is 1180. The first-order valence-electron chi connectivity index (χ1n) is 11.3. The fourth-order valence-electron chi connectivity index (χ4n) is 3.52. The lowest BCUT2D eigenvalue weighted by molar-refractivity contribution is -0.176. The number of benzene rings is 1. The van der Waals surface area contributed by atoms with Crippen molar-refractivity contribution in [2.45, 2.75) is 45.4 Å². The van der Waals surface area contributed by atoms with Crippen LogP contribution in [-0.2, 0) is 35.0 Å². The number of nitrogens with zero attached hydrogens (tertiary/aromatic N) is 2. The number of carbonyl (C=O) groups is 4. The molecule has 1 amide bonds. The van der Waals surface area contributed by atoms with Gasteiger partial charge in [-0.2, -0.15) is 4.98 Å². The van der Waals surface area contributed by atoms with Gasteiger partial charge in [-0.05, 0) is 18.9 Å². The summed E-state index contributed by atoms with van der Waals surface area (Å²) in [7, 11) is 0. The number of cyclic esters (lactones) is 2. The number of ether oxygens (including phenoxy) is 3. The van der Waals surface area contributed by atoms with E-state index in [1.54, 1.807) is 38.1 Å². The van der Waals surface area contributed by atoms with Crippen molar-refractivity contribution in [3.8, 4) is 5.88 Å². The van der Waals surface area contributed by atoms with E-state index in [1.165, 1.54) is 6.92 Å². The summed E-state index contributed by atoms with van der Waals surface area (Å²) in [4.78, 5) is 58.4. The second-order valence-corrected chi connectivity index (χ2v) is 9.34. The van der Waals surface area contributed by atoms with Crippen molar-refractivity contribution < 1.29 is 38.5 Å². The molecule has 3 rings (SSSR count). The minimum atomic E-state index is -1.48. The van der Waals surface area contributed by atoms with Crippen molar-refractivity contribution in [1.82, 2.24) is 15.3 Å². The number of carbonyl (C=O) groups excluding carboxylic acids is 4. The Balaban J connectivity index is 1.88. The van der Waals surface area contributed by atoms with Crippen LogP contribution in [-0.4, -0.2) is 63.7 Å². The number of hydrogen-bond donors (Lipinski definition) is 2. The Labute approximate surface area is 222 Å². The number of esters is 3. The maximum absolute atomic E-state index is 13.2. The number of hydrogen-bond acceptors (Lipinski definition) is 10. The summed E-state index contributed by atoms with van der Waals surface area (Å²) in [5, 5.41) is 11.5. The van der Waals surface area contributed by atoms with Gasteiger partial charge in [0.25, 0.3) is 5.91 Å². The van der Waals surface area contributed by atoms with Crippen molar-refractivity contribution in [3.63, 3.8) is 0 Å². The molecule has 0 saturated carbocycles. The van der Waals surface area contributed by atoms with E-state index in [4.69, 9.17) is 37.4 Å². The van der Waals surface area contributed by atoms with Gasteiger partial charge in [0.2, 0.25) is 5.88 Å². The molecule has 2 heterocycles. The molecule has 2 N–H and O–H groups in total. The average Bonchev–Trinajstić information content (AvgIpc) is 2.88. The number of halogens is 2. The highest BCUT2D eigenvalue weighted by Gasteiger charge is 2.42. The molecule has 0 spiro atoms. The predicted octanol–water partition coefficient (Wildman–Crippen LogP) is 2.50. The molecule has 0 aliphatic carbocycles. The molecule has 2 aromatic rings. The summed E-state index contributed by atoms with van der Waals surface area (Å²) in [6.07, 6.45) is -2.10. The Morgan fingerprint density at radius 2 is 1.78 bits per heavy atom. The number of nitrogens with one attached hydrogen (secondary N) is 1. The minimum Gasteiger partial charge on any atom is -0.492 e. The number of rotatable bonds is 6. The molecule has 13 heteroatoms. The van der Waals surface area contributed by atoms with Crippen molar-refractivity contribution in [3.05, 3.63) is 51.9 Å². The SMILES string of the molecule is CC(C)C(=O)O[C@H]1[C@H](C)OC(=O)[C@@H](NC(=O)c2nc(Cl)c(Cl)nc2O)COC(=O)[C@@H]1Cc1ccccc1. The third-order valence-electron chi connectivity index (χ3n) is 5.48. The number of aromatic hydroxyl groups is 1. The molecule has 37 heavy (non-hydrogen) atoms. The van der Waals surface area contributed by atoms with Gasteiger partial charge in [-0.25, -0.2) is 9.78 Å². The van der Waals surface area contributed by atoms with Gasteiger partial charge in [0.1, 0.15) is 18.6 Å². The molecule has 1 aliphatic heterocycles. The van der Waals surface area contributed by atoms with Crippen LogP contribution < -0.4 is 5.32 Å². The second-order valence-electron chi connectivity index (χ2n) is 8.63. The second kappa shape index (κ2) is 12.2. The average molecular weight is 554 g/mol. The van der Waals surface area contributed by atoms with Gasteiger partial charge >= 0.3 is 17.9 Å². The summed E-state index contributed by atoms with van der Waals surface area (Å²) in [6.45, 7) is 4.14. The van der Waals surface area contributed by atoms with Gasteiger partial charge in [-0.15, -0.1) is 0 Å². The van der Waals surface area contributed by atoms with E-state index in [0.717, 1.165) is 5.56 Å². The van der Waals surface area contributed by atoms with Crippen LogP contribution in [0.5, 0.6) is 5.88 Å². The molecule has 0 unspecified atom stereocenters. The highest BCUT2D eigenvalue weighted by atomic mass is 35.5. The third kappa shape index (κ3) is 7.07. The molecular weight excluding hydrogens is 529 g/mol. The maximum atomic E-state index is 13.2. The van der Waals surface area contributed by atoms with Crippen LogP contribution in [0.2, 0.25) is 10.3 Å². The van der Waals surface area contributed by atoms with Crippen LogP contribution in [0.15, 0.2) is 30.3 Å². The van der Waals surface area contributed by atoms with Crippen molar-refractivity contribution in [2.75, 3.05) is 6.61 Å². The number of aromatic nitrogens is 2. The molecule has 4 atom stereocenters. The van der Waals surface area contributed by atoms with Crippen molar-refractivity contribution in [2.24, 2.45) is 11.8 Å². The quantitative estimate of drug-likeness (QED) is 0.402. The molecule has 1 aromatic heterocycles. The fraction of sp³-hybridized carbons (Fsp3) is 0.417. The molecule has 11 nitrogen and oxygen atoms in total. The van der Waals surface area contributed by atoms with Gasteiger partial charge < -0.3 is 24.6 Å². The van der Waals surface area contributed by atoms with Crippen LogP contribution in [0.25, 0.3) is 0 Å². The summed E-state index contributed by atoms with van der Waals surface area (Å²) in [5.74, 6) is -5.69. The summed E-state index contributed by atoms with van der Waals surface area (Å²) in [6, 6.07) is 7.51. The molecule has 1 aromatic carbocycles. The smallest absolute Gasteiger partial charge is 0.332 e. The first-order chi connectivity index (χ1) is 17.5. The van der Waals surface area contributed by atoms with E-state index >= 15 is 0 Å². The largest absolute Gasteiger partial charge is 0.492 e. The Hall–Kier alpha value is -3.44. The molecule has 1 fully saturated rings. The highest BCUT2D eigenvalue weighted by Crippen LogP contribution is 2.25. The Morgan fingerprint density at radius 1 is 1.14 bits per heavy atom. The van der Waals surface area contributed by atoms with Crippen LogP contribution in [0.4, 0.5) is 0 Å². The van der Waals surface area contributed by atoms with E-state index in [0.29, 0.717) is 0 Å². The summed E-state index contributed by atoms with van der Waals surface area (Å²) < 4.78 is 16.5. The normalized spacial score (nSPS) is 22.2. The lowest BCUT2D eigenvalue weighted by Gasteiger charge is -2.29. The van der Waals surface area contributed by atoms with Crippen molar-refractivity contribution >= 4 is 47.0 Å². The standard InChI is InChI=1S/C24H25Cl2N3O8/c1-11(2)22(32)37-17-12(3)36-24(34)15(27-20(30)16-21(31)29-19(26)18(25)28-16)10-35-23(33)14(17)9-13-7-5-4-6-8-13/h4-8,11-12,14-15,17H,9-10H2,1-3H3,(H,27,30)(H,29,31)/t12-,14+,15-,17-/m0/s1. The topological polar surface area (TPSA) is 154 Å². The first-order valence-corrected chi connectivity index (χ1v) is 12.1. The maximum Gasteiger partial charge on any atom is 0.332 e. The first kappa shape index (κ1) is 28.1. The molecule has 1 aliphatic rings. The van der Waals surface area contributed by atoms with E-state index < -0.39 is 72.1 Å². The Kier molecular flexibility index (Phi) is 9.28. The molecule has 198 valence electrons. The summed E-state index contributed by atoms with van der Waals surface area (Å²) in [5.41, 5.74) is 0.165.